The summed E-state index contributed by atoms with van der Waals surface area (Å²) < 4.78 is 28.3. The summed E-state index contributed by atoms with van der Waals surface area (Å²) in [6.45, 7) is 6.21. The van der Waals surface area contributed by atoms with Crippen LogP contribution in [0.4, 0.5) is 5.69 Å². The fourth-order valence-corrected chi connectivity index (χ4v) is 1.96. The van der Waals surface area contributed by atoms with E-state index in [4.69, 9.17) is 4.74 Å². The van der Waals surface area contributed by atoms with E-state index in [1.807, 2.05) is 0 Å². The maximum absolute atomic E-state index is 11.8. The van der Waals surface area contributed by atoms with Gasteiger partial charge in [-0.3, -0.25) is 4.79 Å². The van der Waals surface area contributed by atoms with Gasteiger partial charge in [0, 0.05) is 18.0 Å². The molecule has 0 aliphatic carbocycles. The minimum Gasteiger partial charge on any atom is -0.494 e. The number of carbonyl (C=O) groups is 1. The van der Waals surface area contributed by atoms with Crippen molar-refractivity contribution in [2.75, 3.05) is 18.2 Å². The van der Waals surface area contributed by atoms with Crippen molar-refractivity contribution in [1.82, 2.24) is 0 Å². The van der Waals surface area contributed by atoms with Crippen LogP contribution in [-0.4, -0.2) is 32.4 Å². The number of anilines is 1. The van der Waals surface area contributed by atoms with E-state index >= 15 is 0 Å². The second-order valence-electron chi connectivity index (χ2n) is 5.52. The van der Waals surface area contributed by atoms with Crippen molar-refractivity contribution in [2.45, 2.75) is 32.4 Å². The van der Waals surface area contributed by atoms with Crippen LogP contribution in [0.15, 0.2) is 24.3 Å². The molecule has 0 aliphatic rings. The van der Waals surface area contributed by atoms with Gasteiger partial charge in [0.2, 0.25) is 5.91 Å². The Morgan fingerprint density at radius 2 is 1.95 bits per heavy atom. The van der Waals surface area contributed by atoms with E-state index in [0.717, 1.165) is 12.7 Å². The Balaban J connectivity index is 2.66. The highest BCUT2D eigenvalue weighted by atomic mass is 32.2. The monoisotopic (exact) mass is 313 g/mol. The number of ether oxygens (including phenoxy) is 1. The average Bonchev–Trinajstić information content (AvgIpc) is 2.36. The molecule has 0 aromatic heterocycles. The molecule has 1 unspecified atom stereocenters. The highest BCUT2D eigenvalue weighted by Gasteiger charge is 2.23. The SMILES string of the molecule is CC(C)CCOc1cccc(NC(=O)C(C)S(C)(=O)=O)c1. The van der Waals surface area contributed by atoms with Crippen LogP contribution in [0.2, 0.25) is 0 Å². The van der Waals surface area contributed by atoms with Gasteiger partial charge in [0.05, 0.1) is 6.61 Å². The molecule has 0 heterocycles. The fourth-order valence-electron chi connectivity index (χ4n) is 1.51. The summed E-state index contributed by atoms with van der Waals surface area (Å²) in [5.41, 5.74) is 0.526. The van der Waals surface area contributed by atoms with Crippen LogP contribution >= 0.6 is 0 Å². The quantitative estimate of drug-likeness (QED) is 0.839. The van der Waals surface area contributed by atoms with Crippen molar-refractivity contribution in [2.24, 2.45) is 5.92 Å². The van der Waals surface area contributed by atoms with E-state index in [0.29, 0.717) is 24.0 Å². The summed E-state index contributed by atoms with van der Waals surface area (Å²) >= 11 is 0. The first-order valence-corrected chi connectivity index (χ1v) is 8.88. The lowest BCUT2D eigenvalue weighted by atomic mass is 10.1. The molecule has 5 nitrogen and oxygen atoms in total. The van der Waals surface area contributed by atoms with Gasteiger partial charge in [-0.15, -0.1) is 0 Å². The number of rotatable bonds is 7. The molecule has 1 atom stereocenters. The Labute approximate surface area is 126 Å². The Hall–Kier alpha value is -1.56. The highest BCUT2D eigenvalue weighted by molar-refractivity contribution is 7.92. The van der Waals surface area contributed by atoms with Crippen LogP contribution in [0.3, 0.4) is 0 Å². The second kappa shape index (κ2) is 7.45. The molecular weight excluding hydrogens is 290 g/mol. The van der Waals surface area contributed by atoms with E-state index in [1.54, 1.807) is 24.3 Å². The number of hydrogen-bond donors (Lipinski definition) is 1. The Kier molecular flexibility index (Phi) is 6.20. The lowest BCUT2D eigenvalue weighted by Gasteiger charge is -2.12. The van der Waals surface area contributed by atoms with E-state index in [1.165, 1.54) is 6.92 Å². The molecule has 0 fully saturated rings. The van der Waals surface area contributed by atoms with Gasteiger partial charge in [-0.1, -0.05) is 19.9 Å². The van der Waals surface area contributed by atoms with Crippen molar-refractivity contribution >= 4 is 21.4 Å². The molecule has 1 aromatic carbocycles. The average molecular weight is 313 g/mol. The van der Waals surface area contributed by atoms with Crippen molar-refractivity contribution in [1.29, 1.82) is 0 Å². The summed E-state index contributed by atoms with van der Waals surface area (Å²) in [5.74, 6) is 0.667. The van der Waals surface area contributed by atoms with Crippen LogP contribution in [0.5, 0.6) is 5.75 Å². The molecule has 0 aliphatic heterocycles. The van der Waals surface area contributed by atoms with Gasteiger partial charge in [0.15, 0.2) is 9.84 Å². The first-order valence-electron chi connectivity index (χ1n) is 6.92. The maximum Gasteiger partial charge on any atom is 0.242 e. The molecule has 118 valence electrons. The second-order valence-corrected chi connectivity index (χ2v) is 7.89. The van der Waals surface area contributed by atoms with Gasteiger partial charge in [0.1, 0.15) is 11.0 Å². The van der Waals surface area contributed by atoms with Gasteiger partial charge in [-0.05, 0) is 31.4 Å². The standard InChI is InChI=1S/C15H23NO4S/c1-11(2)8-9-20-14-7-5-6-13(10-14)16-15(17)12(3)21(4,18)19/h5-7,10-12H,8-9H2,1-4H3,(H,16,17). The van der Waals surface area contributed by atoms with Crippen molar-refractivity contribution in [3.8, 4) is 5.75 Å². The van der Waals surface area contributed by atoms with Crippen molar-refractivity contribution in [3.05, 3.63) is 24.3 Å². The Bertz CT molecular complexity index is 581. The zero-order valence-corrected chi connectivity index (χ0v) is 13.7. The number of sulfone groups is 1. The molecule has 0 saturated heterocycles. The topological polar surface area (TPSA) is 72.5 Å². The highest BCUT2D eigenvalue weighted by Crippen LogP contribution is 2.18. The normalized spacial score (nSPS) is 13.0. The first-order chi connectivity index (χ1) is 9.70. The van der Waals surface area contributed by atoms with Gasteiger partial charge in [0.25, 0.3) is 0 Å². The third-order valence-electron chi connectivity index (χ3n) is 3.08. The summed E-state index contributed by atoms with van der Waals surface area (Å²) in [6, 6.07) is 6.94. The number of amides is 1. The molecule has 1 rings (SSSR count). The minimum absolute atomic E-state index is 0.526. The van der Waals surface area contributed by atoms with Crippen molar-refractivity contribution < 1.29 is 17.9 Å². The Morgan fingerprint density at radius 1 is 1.29 bits per heavy atom. The van der Waals surface area contributed by atoms with Crippen LogP contribution < -0.4 is 10.1 Å². The van der Waals surface area contributed by atoms with E-state index in [9.17, 15) is 13.2 Å². The molecule has 0 bridgehead atoms. The number of hydrogen-bond acceptors (Lipinski definition) is 4. The largest absolute Gasteiger partial charge is 0.494 e. The van der Waals surface area contributed by atoms with Gasteiger partial charge < -0.3 is 10.1 Å². The smallest absolute Gasteiger partial charge is 0.242 e. The molecule has 1 aromatic rings. The molecule has 0 saturated carbocycles. The lowest BCUT2D eigenvalue weighted by molar-refractivity contribution is -0.115. The summed E-state index contributed by atoms with van der Waals surface area (Å²) in [7, 11) is -3.40. The third kappa shape index (κ3) is 6.16. The predicted molar refractivity (Wildman–Crippen MR) is 84.3 cm³/mol. The summed E-state index contributed by atoms with van der Waals surface area (Å²) in [5, 5.41) is 1.51. The van der Waals surface area contributed by atoms with Gasteiger partial charge in [-0.2, -0.15) is 0 Å². The molecule has 21 heavy (non-hydrogen) atoms. The third-order valence-corrected chi connectivity index (χ3v) is 4.58. The lowest BCUT2D eigenvalue weighted by Crippen LogP contribution is -2.31. The Morgan fingerprint density at radius 3 is 2.52 bits per heavy atom. The van der Waals surface area contributed by atoms with E-state index in [-0.39, 0.29) is 0 Å². The fraction of sp³-hybridized carbons (Fsp3) is 0.533. The molecule has 1 N–H and O–H groups in total. The molecule has 0 radical (unpaired) electrons. The number of benzene rings is 1. The summed E-state index contributed by atoms with van der Waals surface area (Å²) in [6.07, 6.45) is 1.99. The molecule has 0 spiro atoms. The van der Waals surface area contributed by atoms with Crippen LogP contribution in [0, 0.1) is 5.92 Å². The first kappa shape index (κ1) is 17.5. The van der Waals surface area contributed by atoms with Crippen LogP contribution in [0.25, 0.3) is 0 Å². The number of carbonyl (C=O) groups excluding carboxylic acids is 1. The van der Waals surface area contributed by atoms with Crippen molar-refractivity contribution in [3.63, 3.8) is 0 Å². The summed E-state index contributed by atoms with van der Waals surface area (Å²) in [4.78, 5) is 11.8. The minimum atomic E-state index is -3.40. The van der Waals surface area contributed by atoms with E-state index < -0.39 is 21.0 Å². The predicted octanol–water partition coefficient (Wildman–Crippen LogP) is 2.48. The zero-order chi connectivity index (χ0) is 16.0. The molecule has 1 amide bonds. The van der Waals surface area contributed by atoms with Crippen LogP contribution in [-0.2, 0) is 14.6 Å². The maximum atomic E-state index is 11.8. The van der Waals surface area contributed by atoms with Gasteiger partial charge in [-0.25, -0.2) is 8.42 Å². The molecule has 6 heteroatoms. The molecular formula is C15H23NO4S. The van der Waals surface area contributed by atoms with Crippen LogP contribution in [0.1, 0.15) is 27.2 Å². The van der Waals surface area contributed by atoms with E-state index in [2.05, 4.69) is 19.2 Å². The zero-order valence-electron chi connectivity index (χ0n) is 12.9. The number of nitrogens with one attached hydrogen (secondary N) is 1. The van der Waals surface area contributed by atoms with Gasteiger partial charge >= 0.3 is 0 Å².